The minimum Gasteiger partial charge on any atom is -0.356 e. The van der Waals surface area contributed by atoms with Gasteiger partial charge in [-0.15, -0.1) is 0 Å². The van der Waals surface area contributed by atoms with E-state index in [0.29, 0.717) is 0 Å². The molecule has 0 aromatic carbocycles. The fourth-order valence-electron chi connectivity index (χ4n) is 3.68. The van der Waals surface area contributed by atoms with Crippen LogP contribution in [0.3, 0.4) is 0 Å². The van der Waals surface area contributed by atoms with Crippen molar-refractivity contribution in [2.24, 2.45) is 17.6 Å². The van der Waals surface area contributed by atoms with Crippen LogP contribution in [0.15, 0.2) is 0 Å². The van der Waals surface area contributed by atoms with Crippen molar-refractivity contribution >= 4 is 5.91 Å². The summed E-state index contributed by atoms with van der Waals surface area (Å²) in [7, 11) is 0. The van der Waals surface area contributed by atoms with E-state index < -0.39 is 0 Å². The molecule has 0 aromatic rings. The molecule has 0 aliphatic heterocycles. The molecular formula is C16H30N2O. The highest BCUT2D eigenvalue weighted by Gasteiger charge is 2.24. The molecule has 0 heterocycles. The molecule has 2 saturated carbocycles. The summed E-state index contributed by atoms with van der Waals surface area (Å²) in [5, 5.41) is 3.10. The van der Waals surface area contributed by atoms with E-state index in [0.717, 1.165) is 44.6 Å². The highest BCUT2D eigenvalue weighted by Crippen LogP contribution is 2.28. The second kappa shape index (κ2) is 7.88. The molecule has 3 heteroatoms. The Hall–Kier alpha value is -0.570. The minimum atomic E-state index is 0.179. The van der Waals surface area contributed by atoms with E-state index in [9.17, 15) is 4.79 Å². The first kappa shape index (κ1) is 14.8. The summed E-state index contributed by atoms with van der Waals surface area (Å²) >= 11 is 0. The monoisotopic (exact) mass is 266 g/mol. The summed E-state index contributed by atoms with van der Waals surface area (Å²) in [5.74, 6) is 1.40. The Bertz CT molecular complexity index is 274. The zero-order valence-electron chi connectivity index (χ0n) is 12.2. The number of rotatable bonds is 6. The van der Waals surface area contributed by atoms with E-state index in [1.165, 1.54) is 38.5 Å². The number of nitrogens with one attached hydrogen (secondary N) is 1. The van der Waals surface area contributed by atoms with Crippen LogP contribution in [0.4, 0.5) is 0 Å². The normalized spacial score (nSPS) is 28.5. The van der Waals surface area contributed by atoms with Crippen molar-refractivity contribution in [3.05, 3.63) is 0 Å². The van der Waals surface area contributed by atoms with Gasteiger partial charge >= 0.3 is 0 Å². The van der Waals surface area contributed by atoms with E-state index in [2.05, 4.69) is 5.32 Å². The summed E-state index contributed by atoms with van der Waals surface area (Å²) in [4.78, 5) is 12.0. The van der Waals surface area contributed by atoms with Gasteiger partial charge in [0.2, 0.25) is 5.91 Å². The molecule has 2 fully saturated rings. The number of carbonyl (C=O) groups excluding carboxylic acids is 1. The fourth-order valence-corrected chi connectivity index (χ4v) is 3.68. The molecule has 0 saturated heterocycles. The molecule has 2 atom stereocenters. The van der Waals surface area contributed by atoms with Crippen LogP contribution in [0.25, 0.3) is 0 Å². The second-order valence-electron chi connectivity index (χ2n) is 6.56. The lowest BCUT2D eigenvalue weighted by molar-refractivity contribution is -0.126. The van der Waals surface area contributed by atoms with Crippen molar-refractivity contribution in [3.63, 3.8) is 0 Å². The van der Waals surface area contributed by atoms with Gasteiger partial charge in [0.1, 0.15) is 0 Å². The molecule has 2 aliphatic carbocycles. The summed E-state index contributed by atoms with van der Waals surface area (Å²) in [6, 6.07) is 0.242. The fraction of sp³-hybridized carbons (Fsp3) is 0.938. The van der Waals surface area contributed by atoms with E-state index in [4.69, 9.17) is 5.73 Å². The van der Waals surface area contributed by atoms with Gasteiger partial charge in [0.25, 0.3) is 0 Å². The molecule has 19 heavy (non-hydrogen) atoms. The predicted molar refractivity (Wildman–Crippen MR) is 78.8 cm³/mol. The standard InChI is InChI=1S/C16H30N2O/c17-15-10-5-9-14(12-15)16(19)18-11-4-3-8-13-6-1-2-7-13/h13-15H,1-12,17H2,(H,18,19). The first-order valence-corrected chi connectivity index (χ1v) is 8.29. The first-order valence-electron chi connectivity index (χ1n) is 8.29. The highest BCUT2D eigenvalue weighted by atomic mass is 16.1. The Labute approximate surface area is 117 Å². The zero-order chi connectivity index (χ0) is 13.5. The maximum atomic E-state index is 12.0. The van der Waals surface area contributed by atoms with Crippen LogP contribution in [0, 0.1) is 11.8 Å². The third kappa shape index (κ3) is 5.13. The topological polar surface area (TPSA) is 55.1 Å². The van der Waals surface area contributed by atoms with Crippen molar-refractivity contribution in [2.75, 3.05) is 6.54 Å². The van der Waals surface area contributed by atoms with Crippen LogP contribution in [0.1, 0.15) is 70.6 Å². The van der Waals surface area contributed by atoms with Gasteiger partial charge < -0.3 is 11.1 Å². The molecule has 110 valence electrons. The van der Waals surface area contributed by atoms with Crippen LogP contribution >= 0.6 is 0 Å². The van der Waals surface area contributed by atoms with Crippen LogP contribution in [0.5, 0.6) is 0 Å². The van der Waals surface area contributed by atoms with Crippen molar-refractivity contribution < 1.29 is 4.79 Å². The molecule has 0 bridgehead atoms. The quantitative estimate of drug-likeness (QED) is 0.726. The predicted octanol–water partition coefficient (Wildman–Crippen LogP) is 2.98. The number of unbranched alkanes of at least 4 members (excludes halogenated alkanes) is 1. The summed E-state index contributed by atoms with van der Waals surface area (Å²) in [6.45, 7) is 0.858. The third-order valence-electron chi connectivity index (χ3n) is 4.90. The van der Waals surface area contributed by atoms with Gasteiger partial charge in [-0.1, -0.05) is 44.9 Å². The molecule has 2 rings (SSSR count). The first-order chi connectivity index (χ1) is 9.25. The van der Waals surface area contributed by atoms with Gasteiger partial charge in [0.05, 0.1) is 0 Å². The molecule has 1 amide bonds. The van der Waals surface area contributed by atoms with Crippen molar-refractivity contribution in [2.45, 2.75) is 76.7 Å². The van der Waals surface area contributed by atoms with Gasteiger partial charge in [-0.25, -0.2) is 0 Å². The van der Waals surface area contributed by atoms with Crippen LogP contribution in [-0.4, -0.2) is 18.5 Å². The molecule has 0 aromatic heterocycles. The van der Waals surface area contributed by atoms with Crippen LogP contribution in [0.2, 0.25) is 0 Å². The molecule has 3 nitrogen and oxygen atoms in total. The Kier molecular flexibility index (Phi) is 6.15. The van der Waals surface area contributed by atoms with Gasteiger partial charge in [0.15, 0.2) is 0 Å². The van der Waals surface area contributed by atoms with Crippen molar-refractivity contribution in [3.8, 4) is 0 Å². The zero-order valence-corrected chi connectivity index (χ0v) is 12.2. The largest absolute Gasteiger partial charge is 0.356 e. The molecule has 0 radical (unpaired) electrons. The van der Waals surface area contributed by atoms with Gasteiger partial charge in [-0.2, -0.15) is 0 Å². The average Bonchev–Trinajstić information content (AvgIpc) is 2.91. The SMILES string of the molecule is NC1CCCC(C(=O)NCCCCC2CCCC2)C1. The van der Waals surface area contributed by atoms with Gasteiger partial charge in [-0.05, 0) is 31.6 Å². The minimum absolute atomic E-state index is 0.179. The maximum absolute atomic E-state index is 12.0. The Morgan fingerprint density at radius 1 is 1.05 bits per heavy atom. The third-order valence-corrected chi connectivity index (χ3v) is 4.90. The lowest BCUT2D eigenvalue weighted by Gasteiger charge is -2.25. The average molecular weight is 266 g/mol. The molecule has 0 spiro atoms. The Morgan fingerprint density at radius 2 is 1.84 bits per heavy atom. The molecular weight excluding hydrogens is 236 g/mol. The second-order valence-corrected chi connectivity index (χ2v) is 6.56. The van der Waals surface area contributed by atoms with E-state index in [1.807, 2.05) is 0 Å². The van der Waals surface area contributed by atoms with E-state index >= 15 is 0 Å². The molecule has 2 unspecified atom stereocenters. The van der Waals surface area contributed by atoms with Gasteiger partial charge in [0, 0.05) is 18.5 Å². The maximum Gasteiger partial charge on any atom is 0.223 e. The summed E-state index contributed by atoms with van der Waals surface area (Å²) in [5.41, 5.74) is 5.93. The van der Waals surface area contributed by atoms with Crippen LogP contribution in [-0.2, 0) is 4.79 Å². The summed E-state index contributed by atoms with van der Waals surface area (Å²) < 4.78 is 0. The van der Waals surface area contributed by atoms with Crippen molar-refractivity contribution in [1.82, 2.24) is 5.32 Å². The Morgan fingerprint density at radius 3 is 2.58 bits per heavy atom. The molecule has 3 N–H and O–H groups in total. The number of carbonyl (C=O) groups is 1. The van der Waals surface area contributed by atoms with Crippen molar-refractivity contribution in [1.29, 1.82) is 0 Å². The number of amides is 1. The Balaban J connectivity index is 1.51. The molecule has 2 aliphatic rings. The lowest BCUT2D eigenvalue weighted by Crippen LogP contribution is -2.38. The number of nitrogens with two attached hydrogens (primary N) is 1. The van der Waals surface area contributed by atoms with E-state index in [1.54, 1.807) is 0 Å². The van der Waals surface area contributed by atoms with E-state index in [-0.39, 0.29) is 17.9 Å². The summed E-state index contributed by atoms with van der Waals surface area (Å²) in [6.07, 6.45) is 13.6. The van der Waals surface area contributed by atoms with Crippen LogP contribution < -0.4 is 11.1 Å². The van der Waals surface area contributed by atoms with Gasteiger partial charge in [-0.3, -0.25) is 4.79 Å². The lowest BCUT2D eigenvalue weighted by atomic mass is 9.85. The smallest absolute Gasteiger partial charge is 0.223 e. The highest BCUT2D eigenvalue weighted by molar-refractivity contribution is 5.78. The number of hydrogen-bond donors (Lipinski definition) is 2. The number of hydrogen-bond acceptors (Lipinski definition) is 2.